The number of nitrogens with one attached hydrogen (secondary N) is 1. The molecule has 1 fully saturated rings. The van der Waals surface area contributed by atoms with Crippen LogP contribution < -0.4 is 5.32 Å². The average molecular weight is 417 g/mol. The Kier molecular flexibility index (Phi) is 7.34. The van der Waals surface area contributed by atoms with Crippen LogP contribution in [0.1, 0.15) is 25.0 Å². The molecule has 1 saturated heterocycles. The molecule has 1 aromatic carbocycles. The first-order chi connectivity index (χ1) is 13.5. The van der Waals surface area contributed by atoms with Gasteiger partial charge in [0.05, 0.1) is 0 Å². The molecule has 0 bridgehead atoms. The summed E-state index contributed by atoms with van der Waals surface area (Å²) in [6.45, 7) is 6.24. The monoisotopic (exact) mass is 417 g/mol. The van der Waals surface area contributed by atoms with Crippen molar-refractivity contribution in [3.63, 3.8) is 0 Å². The number of benzene rings is 1. The van der Waals surface area contributed by atoms with Crippen molar-refractivity contribution in [2.45, 2.75) is 45.6 Å². The van der Waals surface area contributed by atoms with E-state index in [0.29, 0.717) is 19.6 Å². The van der Waals surface area contributed by atoms with Gasteiger partial charge < -0.3 is 20.1 Å². The first kappa shape index (κ1) is 22.8. The van der Waals surface area contributed by atoms with Crippen molar-refractivity contribution in [2.24, 2.45) is 0 Å². The smallest absolute Gasteiger partial charge is 0.425 e. The predicted octanol–water partition coefficient (Wildman–Crippen LogP) is 3.09. The van der Waals surface area contributed by atoms with Crippen LogP contribution in [0.4, 0.5) is 23.7 Å². The summed E-state index contributed by atoms with van der Waals surface area (Å²) in [6, 6.07) is 4.97. The van der Waals surface area contributed by atoms with Crippen molar-refractivity contribution in [2.75, 3.05) is 31.5 Å². The van der Waals surface area contributed by atoms with Crippen molar-refractivity contribution in [1.29, 1.82) is 0 Å². The maximum Gasteiger partial charge on any atom is 0.425 e. The number of anilines is 1. The first-order valence-electron chi connectivity index (χ1n) is 9.31. The molecule has 0 saturated carbocycles. The molecule has 0 aliphatic carbocycles. The van der Waals surface area contributed by atoms with Gasteiger partial charge in [0.15, 0.2) is 6.10 Å². The summed E-state index contributed by atoms with van der Waals surface area (Å²) >= 11 is 0. The second kappa shape index (κ2) is 9.34. The Morgan fingerprint density at radius 2 is 1.83 bits per heavy atom. The van der Waals surface area contributed by atoms with Crippen LogP contribution in [0, 0.1) is 6.92 Å². The van der Waals surface area contributed by atoms with Crippen molar-refractivity contribution >= 4 is 17.7 Å². The van der Waals surface area contributed by atoms with Gasteiger partial charge in [0.2, 0.25) is 0 Å². The Morgan fingerprint density at radius 3 is 2.38 bits per heavy atom. The number of aliphatic carboxylic acids is 1. The van der Waals surface area contributed by atoms with Crippen LogP contribution in [0.3, 0.4) is 0 Å². The lowest BCUT2D eigenvalue weighted by atomic mass is 10.1. The number of piperazine rings is 1. The van der Waals surface area contributed by atoms with Gasteiger partial charge in [-0.15, -0.1) is 0 Å². The van der Waals surface area contributed by atoms with Crippen molar-refractivity contribution in [3.05, 3.63) is 29.3 Å². The minimum absolute atomic E-state index is 0.254. The van der Waals surface area contributed by atoms with E-state index in [0.717, 1.165) is 23.7 Å². The highest BCUT2D eigenvalue weighted by Crippen LogP contribution is 2.24. The van der Waals surface area contributed by atoms with Crippen LogP contribution in [-0.4, -0.2) is 71.5 Å². The molecule has 10 heteroatoms. The molecule has 2 rings (SSSR count). The van der Waals surface area contributed by atoms with E-state index in [1.807, 2.05) is 25.1 Å². The number of carbonyl (C=O) groups excluding carboxylic acids is 1. The fourth-order valence-electron chi connectivity index (χ4n) is 2.88. The molecule has 1 amide bonds. The first-order valence-corrected chi connectivity index (χ1v) is 9.31. The largest absolute Gasteiger partial charge is 0.480 e. The van der Waals surface area contributed by atoms with E-state index in [4.69, 9.17) is 5.11 Å². The van der Waals surface area contributed by atoms with Gasteiger partial charge in [-0.25, -0.2) is 4.79 Å². The number of amides is 1. The number of carboxylic acids is 1. The van der Waals surface area contributed by atoms with Gasteiger partial charge >= 0.3 is 18.2 Å². The summed E-state index contributed by atoms with van der Waals surface area (Å²) in [5.74, 6) is -0.960. The van der Waals surface area contributed by atoms with Crippen LogP contribution >= 0.6 is 0 Å². The standard InChI is InChI=1S/C19H26F3N3O4/c1-12-4-5-15(16(10-12)23-13(2)17(26)27)11-24-6-8-25(9-7-24)18(28)29-14(3)19(20,21)22/h4-5,10,13-14,23H,6-9,11H2,1-3H3,(H,26,27)/t13-,14?/m0/s1. The molecule has 29 heavy (non-hydrogen) atoms. The molecule has 1 aliphatic heterocycles. The number of alkyl halides is 3. The molecule has 1 unspecified atom stereocenters. The molecule has 0 spiro atoms. The third-order valence-electron chi connectivity index (χ3n) is 4.77. The highest BCUT2D eigenvalue weighted by atomic mass is 19.4. The van der Waals surface area contributed by atoms with E-state index in [-0.39, 0.29) is 13.1 Å². The SMILES string of the molecule is Cc1ccc(CN2CCN(C(=O)OC(C)C(F)(F)F)CC2)c(N[C@@H](C)C(=O)O)c1. The molecule has 1 heterocycles. The summed E-state index contributed by atoms with van der Waals surface area (Å²) in [4.78, 5) is 26.4. The van der Waals surface area contributed by atoms with Gasteiger partial charge in [0.25, 0.3) is 0 Å². The normalized spacial score (nSPS) is 17.5. The summed E-state index contributed by atoms with van der Waals surface area (Å²) in [6.07, 6.45) is -7.70. The summed E-state index contributed by atoms with van der Waals surface area (Å²) in [5.41, 5.74) is 2.62. The van der Waals surface area contributed by atoms with E-state index < -0.39 is 30.4 Å². The molecule has 1 aliphatic rings. The Morgan fingerprint density at radius 1 is 1.21 bits per heavy atom. The number of aryl methyl sites for hydroxylation is 1. The Balaban J connectivity index is 1.94. The summed E-state index contributed by atoms with van der Waals surface area (Å²) < 4.78 is 42.1. The molecule has 0 radical (unpaired) electrons. The lowest BCUT2D eigenvalue weighted by Gasteiger charge is -2.35. The third kappa shape index (κ3) is 6.52. The number of hydrogen-bond acceptors (Lipinski definition) is 5. The molecule has 2 atom stereocenters. The van der Waals surface area contributed by atoms with Crippen LogP contribution in [0.5, 0.6) is 0 Å². The number of hydrogen-bond donors (Lipinski definition) is 2. The average Bonchev–Trinajstić information content (AvgIpc) is 2.63. The Hall–Kier alpha value is -2.49. The van der Waals surface area contributed by atoms with Gasteiger partial charge in [-0.1, -0.05) is 12.1 Å². The minimum atomic E-state index is -4.58. The predicted molar refractivity (Wildman–Crippen MR) is 101 cm³/mol. The Labute approximate surface area is 167 Å². The molecule has 2 N–H and O–H groups in total. The van der Waals surface area contributed by atoms with Crippen LogP contribution in [0.25, 0.3) is 0 Å². The van der Waals surface area contributed by atoms with Gasteiger partial charge in [-0.2, -0.15) is 13.2 Å². The second-order valence-electron chi connectivity index (χ2n) is 7.20. The fourth-order valence-corrected chi connectivity index (χ4v) is 2.88. The maximum atomic E-state index is 12.5. The van der Waals surface area contributed by atoms with Gasteiger partial charge in [-0.3, -0.25) is 9.69 Å². The molecular formula is C19H26F3N3O4. The van der Waals surface area contributed by atoms with E-state index in [2.05, 4.69) is 15.0 Å². The van der Waals surface area contributed by atoms with Gasteiger partial charge in [0, 0.05) is 38.4 Å². The zero-order chi connectivity index (χ0) is 21.8. The van der Waals surface area contributed by atoms with Crippen LogP contribution in [-0.2, 0) is 16.1 Å². The number of rotatable bonds is 6. The zero-order valence-corrected chi connectivity index (χ0v) is 16.6. The maximum absolute atomic E-state index is 12.5. The van der Waals surface area contributed by atoms with Gasteiger partial charge in [0.1, 0.15) is 6.04 Å². The lowest BCUT2D eigenvalue weighted by Crippen LogP contribution is -2.49. The Bertz CT molecular complexity index is 734. The highest BCUT2D eigenvalue weighted by molar-refractivity contribution is 5.77. The molecule has 7 nitrogen and oxygen atoms in total. The van der Waals surface area contributed by atoms with Crippen molar-refractivity contribution in [1.82, 2.24) is 9.80 Å². The van der Waals surface area contributed by atoms with Crippen molar-refractivity contribution in [3.8, 4) is 0 Å². The highest BCUT2D eigenvalue weighted by Gasteiger charge is 2.40. The van der Waals surface area contributed by atoms with Crippen LogP contribution in [0.15, 0.2) is 18.2 Å². The quantitative estimate of drug-likeness (QED) is 0.740. The lowest BCUT2D eigenvalue weighted by molar-refractivity contribution is -0.200. The molecule has 0 aromatic heterocycles. The molecule has 162 valence electrons. The second-order valence-corrected chi connectivity index (χ2v) is 7.20. The number of carboxylic acid groups (broad SMARTS) is 1. The number of ether oxygens (including phenoxy) is 1. The number of carbonyl (C=O) groups is 2. The van der Waals surface area contributed by atoms with E-state index >= 15 is 0 Å². The number of nitrogens with zero attached hydrogens (tertiary/aromatic N) is 2. The fraction of sp³-hybridized carbons (Fsp3) is 0.579. The number of halogens is 3. The van der Waals surface area contributed by atoms with Crippen molar-refractivity contribution < 1.29 is 32.6 Å². The minimum Gasteiger partial charge on any atom is -0.480 e. The molecule has 1 aromatic rings. The van der Waals surface area contributed by atoms with E-state index in [9.17, 15) is 22.8 Å². The van der Waals surface area contributed by atoms with E-state index in [1.54, 1.807) is 6.92 Å². The van der Waals surface area contributed by atoms with Crippen LogP contribution in [0.2, 0.25) is 0 Å². The van der Waals surface area contributed by atoms with Gasteiger partial charge in [-0.05, 0) is 38.0 Å². The van der Waals surface area contributed by atoms with E-state index in [1.165, 1.54) is 4.90 Å². The zero-order valence-electron chi connectivity index (χ0n) is 16.6. The topological polar surface area (TPSA) is 82.1 Å². The third-order valence-corrected chi connectivity index (χ3v) is 4.77. The summed E-state index contributed by atoms with van der Waals surface area (Å²) in [5, 5.41) is 12.1. The molecular weight excluding hydrogens is 391 g/mol. The summed E-state index contributed by atoms with van der Waals surface area (Å²) in [7, 11) is 0.